The first kappa shape index (κ1) is 28.1. The predicted molar refractivity (Wildman–Crippen MR) is 157 cm³/mol. The Bertz CT molecular complexity index is 1340. The third-order valence-corrected chi connectivity index (χ3v) is 7.02. The Labute approximate surface area is 236 Å². The summed E-state index contributed by atoms with van der Waals surface area (Å²) in [5, 5.41) is 5.76. The van der Waals surface area contributed by atoms with E-state index in [0.29, 0.717) is 43.2 Å². The normalized spacial score (nSPS) is 16.1. The summed E-state index contributed by atoms with van der Waals surface area (Å²) in [4.78, 5) is 39.5. The molecule has 1 fully saturated rings. The SMILES string of the molecule is CC(=O)N1CCOC(CC(C(=O)Nc2ccc(Br)cc2)c2ccc(/C=C/C(=O)Nc3ccccc3N)cc2)C1. The Balaban J connectivity index is 1.48. The second-order valence-electron chi connectivity index (χ2n) is 9.32. The molecule has 3 aromatic carbocycles. The van der Waals surface area contributed by atoms with Gasteiger partial charge in [-0.25, -0.2) is 0 Å². The lowest BCUT2D eigenvalue weighted by Crippen LogP contribution is -2.45. The average molecular weight is 592 g/mol. The van der Waals surface area contributed by atoms with E-state index in [2.05, 4.69) is 26.6 Å². The Kier molecular flexibility index (Phi) is 9.51. The van der Waals surface area contributed by atoms with Gasteiger partial charge in [-0.15, -0.1) is 0 Å². The maximum absolute atomic E-state index is 13.5. The van der Waals surface area contributed by atoms with Gasteiger partial charge in [-0.1, -0.05) is 52.3 Å². The van der Waals surface area contributed by atoms with Gasteiger partial charge in [0.1, 0.15) is 0 Å². The molecular weight excluding hydrogens is 560 g/mol. The molecule has 1 saturated heterocycles. The van der Waals surface area contributed by atoms with E-state index in [0.717, 1.165) is 15.6 Å². The lowest BCUT2D eigenvalue weighted by Gasteiger charge is -2.34. The average Bonchev–Trinajstić information content (AvgIpc) is 2.93. The molecule has 4 rings (SSSR count). The number of morpholine rings is 1. The number of hydrogen-bond donors (Lipinski definition) is 3. The molecule has 3 aromatic rings. The fourth-order valence-corrected chi connectivity index (χ4v) is 4.63. The van der Waals surface area contributed by atoms with Crippen LogP contribution in [0.3, 0.4) is 0 Å². The van der Waals surface area contributed by atoms with E-state index < -0.39 is 5.92 Å². The molecule has 3 amide bonds. The summed E-state index contributed by atoms with van der Waals surface area (Å²) in [6.45, 7) is 2.97. The van der Waals surface area contributed by atoms with Crippen LogP contribution in [0.4, 0.5) is 17.1 Å². The van der Waals surface area contributed by atoms with Crippen LogP contribution < -0.4 is 16.4 Å². The van der Waals surface area contributed by atoms with Gasteiger partial charge in [0.25, 0.3) is 0 Å². The number of amides is 3. The number of nitrogens with one attached hydrogen (secondary N) is 2. The van der Waals surface area contributed by atoms with E-state index in [1.165, 1.54) is 6.08 Å². The molecule has 2 atom stereocenters. The van der Waals surface area contributed by atoms with Crippen LogP contribution in [0.5, 0.6) is 0 Å². The van der Waals surface area contributed by atoms with Crippen molar-refractivity contribution in [2.75, 3.05) is 36.1 Å². The molecular formula is C30H31BrN4O4. The highest BCUT2D eigenvalue weighted by molar-refractivity contribution is 9.10. The zero-order chi connectivity index (χ0) is 27.8. The predicted octanol–water partition coefficient (Wildman–Crippen LogP) is 5.04. The third-order valence-electron chi connectivity index (χ3n) is 6.50. The Morgan fingerprint density at radius 1 is 1.05 bits per heavy atom. The Morgan fingerprint density at radius 2 is 1.77 bits per heavy atom. The van der Waals surface area contributed by atoms with Crippen molar-refractivity contribution < 1.29 is 19.1 Å². The van der Waals surface area contributed by atoms with Crippen molar-refractivity contribution in [2.24, 2.45) is 0 Å². The van der Waals surface area contributed by atoms with E-state index in [4.69, 9.17) is 10.5 Å². The number of nitrogen functional groups attached to an aromatic ring is 1. The summed E-state index contributed by atoms with van der Waals surface area (Å²) < 4.78 is 6.85. The van der Waals surface area contributed by atoms with Gasteiger partial charge in [0.05, 0.1) is 30.0 Å². The largest absolute Gasteiger partial charge is 0.397 e. The highest BCUT2D eigenvalue weighted by atomic mass is 79.9. The minimum atomic E-state index is -0.507. The van der Waals surface area contributed by atoms with Gasteiger partial charge < -0.3 is 26.0 Å². The number of hydrogen-bond acceptors (Lipinski definition) is 5. The number of carbonyl (C=O) groups is 3. The van der Waals surface area contributed by atoms with Crippen LogP contribution in [-0.4, -0.2) is 48.4 Å². The van der Waals surface area contributed by atoms with Gasteiger partial charge in [-0.05, 0) is 60.0 Å². The van der Waals surface area contributed by atoms with Crippen LogP contribution in [0.25, 0.3) is 6.08 Å². The molecule has 0 radical (unpaired) electrons. The van der Waals surface area contributed by atoms with Crippen LogP contribution in [0, 0.1) is 0 Å². The number of ether oxygens (including phenoxy) is 1. The molecule has 1 aliphatic rings. The van der Waals surface area contributed by atoms with Crippen molar-refractivity contribution in [1.29, 1.82) is 0 Å². The van der Waals surface area contributed by atoms with Gasteiger partial charge in [0, 0.05) is 36.2 Å². The molecule has 0 saturated carbocycles. The second kappa shape index (κ2) is 13.2. The highest BCUT2D eigenvalue weighted by Gasteiger charge is 2.29. The van der Waals surface area contributed by atoms with Crippen molar-refractivity contribution in [3.63, 3.8) is 0 Å². The molecule has 1 heterocycles. The summed E-state index contributed by atoms with van der Waals surface area (Å²) >= 11 is 3.41. The first-order valence-corrected chi connectivity index (χ1v) is 13.4. The topological polar surface area (TPSA) is 114 Å². The zero-order valence-corrected chi connectivity index (χ0v) is 23.2. The number of anilines is 3. The lowest BCUT2D eigenvalue weighted by atomic mass is 9.90. The number of benzene rings is 3. The van der Waals surface area contributed by atoms with Crippen LogP contribution in [0.1, 0.15) is 30.4 Å². The summed E-state index contributed by atoms with van der Waals surface area (Å²) in [6, 6.07) is 21.9. The number of para-hydroxylation sites is 2. The first-order chi connectivity index (χ1) is 18.8. The summed E-state index contributed by atoms with van der Waals surface area (Å²) in [7, 11) is 0. The molecule has 39 heavy (non-hydrogen) atoms. The van der Waals surface area contributed by atoms with E-state index in [9.17, 15) is 14.4 Å². The smallest absolute Gasteiger partial charge is 0.248 e. The fraction of sp³-hybridized carbons (Fsp3) is 0.233. The highest BCUT2D eigenvalue weighted by Crippen LogP contribution is 2.27. The molecule has 2 unspecified atom stereocenters. The number of rotatable bonds is 8. The first-order valence-electron chi connectivity index (χ1n) is 12.7. The summed E-state index contributed by atoms with van der Waals surface area (Å²) in [6.07, 6.45) is 3.29. The van der Waals surface area contributed by atoms with Crippen molar-refractivity contribution in [1.82, 2.24) is 4.90 Å². The van der Waals surface area contributed by atoms with Crippen molar-refractivity contribution >= 4 is 56.8 Å². The van der Waals surface area contributed by atoms with Gasteiger partial charge >= 0.3 is 0 Å². The Morgan fingerprint density at radius 3 is 2.46 bits per heavy atom. The summed E-state index contributed by atoms with van der Waals surface area (Å²) in [5.41, 5.74) is 9.23. The molecule has 1 aliphatic heterocycles. The van der Waals surface area contributed by atoms with E-state index in [1.54, 1.807) is 42.2 Å². The van der Waals surface area contributed by atoms with E-state index in [1.807, 2.05) is 48.5 Å². The minimum Gasteiger partial charge on any atom is -0.397 e. The number of halogens is 1. The molecule has 0 spiro atoms. The van der Waals surface area contributed by atoms with E-state index in [-0.39, 0.29) is 23.8 Å². The summed E-state index contributed by atoms with van der Waals surface area (Å²) in [5.74, 6) is -0.973. The molecule has 0 bridgehead atoms. The molecule has 0 aromatic heterocycles. The second-order valence-corrected chi connectivity index (χ2v) is 10.2. The Hall–Kier alpha value is -3.95. The van der Waals surface area contributed by atoms with Gasteiger partial charge in [-0.3, -0.25) is 14.4 Å². The monoisotopic (exact) mass is 590 g/mol. The molecule has 202 valence electrons. The standard InChI is InChI=1S/C30H31BrN4O4/c1-20(36)35-16-17-39-25(19-35)18-26(30(38)33-24-13-11-23(31)12-14-24)22-9-6-21(7-10-22)8-15-29(37)34-28-5-3-2-4-27(28)32/h2-15,25-26H,16-19,32H2,1H3,(H,33,38)(H,34,37)/b15-8+. The van der Waals surface area contributed by atoms with Crippen LogP contribution >= 0.6 is 15.9 Å². The number of nitrogens with two attached hydrogens (primary N) is 1. The molecule has 9 heteroatoms. The molecule has 4 N–H and O–H groups in total. The molecule has 8 nitrogen and oxygen atoms in total. The van der Waals surface area contributed by atoms with E-state index >= 15 is 0 Å². The lowest BCUT2D eigenvalue weighted by molar-refractivity contribution is -0.137. The quantitative estimate of drug-likeness (QED) is 0.251. The van der Waals surface area contributed by atoms with Gasteiger partial charge in [0.2, 0.25) is 17.7 Å². The van der Waals surface area contributed by atoms with Crippen molar-refractivity contribution in [3.05, 3.63) is 94.5 Å². The number of nitrogens with zero attached hydrogens (tertiary/aromatic N) is 1. The maximum Gasteiger partial charge on any atom is 0.248 e. The van der Waals surface area contributed by atoms with Crippen LogP contribution in [0.15, 0.2) is 83.3 Å². The minimum absolute atomic E-state index is 0.00529. The zero-order valence-electron chi connectivity index (χ0n) is 21.6. The maximum atomic E-state index is 13.5. The fourth-order valence-electron chi connectivity index (χ4n) is 4.36. The molecule has 0 aliphatic carbocycles. The van der Waals surface area contributed by atoms with Crippen molar-refractivity contribution in [3.8, 4) is 0 Å². The van der Waals surface area contributed by atoms with Crippen molar-refractivity contribution in [2.45, 2.75) is 25.4 Å². The van der Waals surface area contributed by atoms with Crippen LogP contribution in [0.2, 0.25) is 0 Å². The van der Waals surface area contributed by atoms with Crippen LogP contribution in [-0.2, 0) is 19.1 Å². The van der Waals surface area contributed by atoms with Gasteiger partial charge in [0.15, 0.2) is 0 Å². The number of carbonyl (C=O) groups excluding carboxylic acids is 3. The third kappa shape index (κ3) is 8.02. The van der Waals surface area contributed by atoms with Gasteiger partial charge in [-0.2, -0.15) is 0 Å².